The molecule has 0 N–H and O–H groups in total. The van der Waals surface area contributed by atoms with Crippen LogP contribution in [-0.4, -0.2) is 68.3 Å². The van der Waals surface area contributed by atoms with Gasteiger partial charge in [0.2, 0.25) is 13.2 Å². The van der Waals surface area contributed by atoms with E-state index in [2.05, 4.69) is 0 Å². The number of anilines is 1. The Morgan fingerprint density at radius 1 is 1.12 bits per heavy atom. The number of benzene rings is 1. The summed E-state index contributed by atoms with van der Waals surface area (Å²) in [6.07, 6.45) is 2.71. The Kier molecular flexibility index (Phi) is 4.29. The zero-order chi connectivity index (χ0) is 23.9. The molecule has 2 amide bonds. The fourth-order valence-corrected chi connectivity index (χ4v) is 7.96. The second-order valence-corrected chi connectivity index (χ2v) is 9.93. The Bertz CT molecular complexity index is 1140. The lowest BCUT2D eigenvalue weighted by atomic mass is 9.42. The lowest BCUT2D eigenvalue weighted by Crippen LogP contribution is -2.79. The third kappa shape index (κ3) is 2.17. The molecule has 0 aromatic heterocycles. The van der Waals surface area contributed by atoms with Gasteiger partial charge in [-0.3, -0.25) is 14.5 Å². The molecule has 2 aliphatic carbocycles. The summed E-state index contributed by atoms with van der Waals surface area (Å²) in [7, 11) is 2.52. The molecule has 1 aromatic rings. The number of carbonyl (C=O) groups excluding carboxylic acids is 4. The van der Waals surface area contributed by atoms with Crippen LogP contribution in [0.1, 0.15) is 44.1 Å². The van der Waals surface area contributed by atoms with Gasteiger partial charge in [0.15, 0.2) is 17.0 Å². The van der Waals surface area contributed by atoms with Gasteiger partial charge in [0, 0.05) is 19.4 Å². The monoisotopic (exact) mass is 470 g/mol. The zero-order valence-corrected chi connectivity index (χ0v) is 19.1. The number of piperidine rings is 1. The Labute approximate surface area is 196 Å². The molecule has 4 atom stereocenters. The quantitative estimate of drug-likeness (QED) is 0.476. The number of esters is 1. The van der Waals surface area contributed by atoms with Gasteiger partial charge in [-0.25, -0.2) is 9.59 Å². The fourth-order valence-electron chi connectivity index (χ4n) is 7.96. The molecule has 1 aromatic carbocycles. The van der Waals surface area contributed by atoms with Crippen LogP contribution in [-0.2, 0) is 29.3 Å². The van der Waals surface area contributed by atoms with Crippen LogP contribution in [0.25, 0.3) is 0 Å². The SMILES string of the molecule is COC(=O)N1c2c(ccc3c2OCO3)C23CC(=O)CC4(CCCN(C=O)[C@@H]42)CCC13C(=O)OC. The highest BCUT2D eigenvalue weighted by atomic mass is 16.7. The lowest BCUT2D eigenvalue weighted by molar-refractivity contribution is -0.175. The van der Waals surface area contributed by atoms with Gasteiger partial charge < -0.3 is 23.8 Å². The lowest BCUT2D eigenvalue weighted by Gasteiger charge is -2.66. The van der Waals surface area contributed by atoms with E-state index in [0.717, 1.165) is 19.3 Å². The van der Waals surface area contributed by atoms with Crippen molar-refractivity contribution in [3.05, 3.63) is 17.7 Å². The van der Waals surface area contributed by atoms with Crippen molar-refractivity contribution in [2.75, 3.05) is 32.5 Å². The number of likely N-dealkylation sites (tertiary alicyclic amines) is 1. The molecule has 180 valence electrons. The summed E-state index contributed by atoms with van der Waals surface area (Å²) < 4.78 is 21.9. The number of rotatable bonds is 2. The van der Waals surface area contributed by atoms with E-state index >= 15 is 0 Å². The van der Waals surface area contributed by atoms with E-state index in [9.17, 15) is 19.2 Å². The average Bonchev–Trinajstić information content (AvgIpc) is 3.41. The van der Waals surface area contributed by atoms with Crippen molar-refractivity contribution in [1.82, 2.24) is 4.90 Å². The Morgan fingerprint density at radius 2 is 1.94 bits per heavy atom. The molecule has 3 aliphatic heterocycles. The van der Waals surface area contributed by atoms with Crippen molar-refractivity contribution in [3.63, 3.8) is 0 Å². The minimum atomic E-state index is -1.58. The molecule has 3 heterocycles. The standard InChI is InChI=1S/C24H26N2O8/c1-31-20(29)24-8-7-22-6-3-9-25(12-27)19(22)23(24,11-14(28)10-22)15-4-5-16-18(34-13-33-16)17(15)26(24)21(30)32-2/h4-5,12,19H,3,6-11,13H2,1-2H3/t19-,22?,23?,24?/m0/s1. The topological polar surface area (TPSA) is 112 Å². The van der Waals surface area contributed by atoms with Crippen LogP contribution in [0.15, 0.2) is 12.1 Å². The smallest absolute Gasteiger partial charge is 0.415 e. The minimum Gasteiger partial charge on any atom is -0.467 e. The van der Waals surface area contributed by atoms with Crippen LogP contribution in [0.3, 0.4) is 0 Å². The van der Waals surface area contributed by atoms with E-state index in [4.69, 9.17) is 18.9 Å². The molecule has 1 spiro atoms. The predicted molar refractivity (Wildman–Crippen MR) is 116 cm³/mol. The zero-order valence-electron chi connectivity index (χ0n) is 19.1. The van der Waals surface area contributed by atoms with E-state index < -0.39 is 34.5 Å². The van der Waals surface area contributed by atoms with Crippen molar-refractivity contribution >= 4 is 29.9 Å². The number of fused-ring (bicyclic) bond motifs is 3. The van der Waals surface area contributed by atoms with Crippen molar-refractivity contribution in [2.24, 2.45) is 5.41 Å². The van der Waals surface area contributed by atoms with Gasteiger partial charge >= 0.3 is 12.1 Å². The first-order valence-corrected chi connectivity index (χ1v) is 11.5. The normalized spacial score (nSPS) is 34.6. The van der Waals surface area contributed by atoms with Crippen molar-refractivity contribution in [3.8, 4) is 11.5 Å². The van der Waals surface area contributed by atoms with E-state index in [1.165, 1.54) is 19.1 Å². The summed E-state index contributed by atoms with van der Waals surface area (Å²) in [5.41, 5.74) is -2.30. The Morgan fingerprint density at radius 3 is 2.68 bits per heavy atom. The summed E-state index contributed by atoms with van der Waals surface area (Å²) in [6.45, 7) is 0.479. The third-order valence-electron chi connectivity index (χ3n) is 8.83. The minimum absolute atomic E-state index is 0.000997. The summed E-state index contributed by atoms with van der Waals surface area (Å²) in [5.74, 6) is 0.132. The Hall–Kier alpha value is -3.30. The van der Waals surface area contributed by atoms with Crippen molar-refractivity contribution in [2.45, 2.75) is 55.5 Å². The average molecular weight is 470 g/mol. The molecular formula is C24H26N2O8. The van der Waals surface area contributed by atoms with Gasteiger partial charge in [-0.15, -0.1) is 0 Å². The number of nitrogens with zero attached hydrogens (tertiary/aromatic N) is 2. The maximum atomic E-state index is 13.9. The summed E-state index contributed by atoms with van der Waals surface area (Å²) in [5, 5.41) is 0. The Balaban J connectivity index is 1.75. The summed E-state index contributed by atoms with van der Waals surface area (Å²) in [4.78, 5) is 56.2. The highest BCUT2D eigenvalue weighted by Crippen LogP contribution is 2.71. The highest BCUT2D eigenvalue weighted by Gasteiger charge is 2.80. The van der Waals surface area contributed by atoms with Crippen LogP contribution in [0.5, 0.6) is 11.5 Å². The van der Waals surface area contributed by atoms with Crippen LogP contribution >= 0.6 is 0 Å². The van der Waals surface area contributed by atoms with E-state index in [-0.39, 0.29) is 25.4 Å². The molecule has 2 saturated carbocycles. The van der Waals surface area contributed by atoms with Gasteiger partial charge in [-0.1, -0.05) is 6.07 Å². The van der Waals surface area contributed by atoms with Gasteiger partial charge in [0.25, 0.3) is 0 Å². The number of carbonyl (C=O) groups is 4. The van der Waals surface area contributed by atoms with Gasteiger partial charge in [-0.2, -0.15) is 0 Å². The molecule has 2 bridgehead atoms. The summed E-state index contributed by atoms with van der Waals surface area (Å²) >= 11 is 0. The summed E-state index contributed by atoms with van der Waals surface area (Å²) in [6, 6.07) is 3.07. The van der Waals surface area contributed by atoms with Crippen molar-refractivity contribution < 1.29 is 38.1 Å². The number of methoxy groups -OCH3 is 2. The second kappa shape index (κ2) is 6.86. The van der Waals surface area contributed by atoms with Crippen LogP contribution in [0, 0.1) is 5.41 Å². The second-order valence-electron chi connectivity index (χ2n) is 9.93. The van der Waals surface area contributed by atoms with Gasteiger partial charge in [0.05, 0.1) is 31.4 Å². The van der Waals surface area contributed by atoms with E-state index in [1.807, 2.05) is 0 Å². The maximum absolute atomic E-state index is 13.9. The number of amides is 2. The first-order valence-electron chi connectivity index (χ1n) is 11.5. The van der Waals surface area contributed by atoms with Crippen LogP contribution in [0.4, 0.5) is 10.5 Å². The number of hydrogen-bond donors (Lipinski definition) is 0. The molecule has 10 nitrogen and oxygen atoms in total. The molecule has 0 radical (unpaired) electrons. The number of Topliss-reactive ketones (excluding diaryl/α,β-unsaturated/α-hetero) is 1. The molecule has 1 saturated heterocycles. The molecular weight excluding hydrogens is 444 g/mol. The van der Waals surface area contributed by atoms with Gasteiger partial charge in [-0.05, 0) is 42.7 Å². The molecule has 6 rings (SSSR count). The third-order valence-corrected chi connectivity index (χ3v) is 8.83. The highest BCUT2D eigenvalue weighted by molar-refractivity contribution is 6.08. The van der Waals surface area contributed by atoms with E-state index in [1.54, 1.807) is 17.0 Å². The first-order chi connectivity index (χ1) is 16.4. The molecule has 34 heavy (non-hydrogen) atoms. The molecule has 3 fully saturated rings. The molecule has 10 heteroatoms. The number of ketones is 1. The van der Waals surface area contributed by atoms with Crippen molar-refractivity contribution in [1.29, 1.82) is 0 Å². The van der Waals surface area contributed by atoms with Crippen LogP contribution in [0.2, 0.25) is 0 Å². The van der Waals surface area contributed by atoms with E-state index in [0.29, 0.717) is 42.1 Å². The molecule has 3 unspecified atom stereocenters. The van der Waals surface area contributed by atoms with Gasteiger partial charge in [0.1, 0.15) is 5.78 Å². The number of hydrogen-bond acceptors (Lipinski definition) is 8. The molecule has 5 aliphatic rings. The first kappa shape index (κ1) is 21.2. The van der Waals surface area contributed by atoms with Crippen LogP contribution < -0.4 is 14.4 Å². The predicted octanol–water partition coefficient (Wildman–Crippen LogP) is 1.92. The number of ether oxygens (including phenoxy) is 4. The fraction of sp³-hybridized carbons (Fsp3) is 0.583. The maximum Gasteiger partial charge on any atom is 0.415 e. The largest absolute Gasteiger partial charge is 0.467 e.